The molecule has 0 aromatic heterocycles. The molecule has 3 heterocycles. The molecule has 90 valence electrons. The molecule has 3 saturated heterocycles. The van der Waals surface area contributed by atoms with Gasteiger partial charge in [0.2, 0.25) is 5.91 Å². The Kier molecular flexibility index (Phi) is 2.64. The van der Waals surface area contributed by atoms with Gasteiger partial charge in [-0.25, -0.2) is 0 Å². The van der Waals surface area contributed by atoms with Crippen molar-refractivity contribution in [2.24, 2.45) is 11.8 Å². The Labute approximate surface area is 96.1 Å². The molecule has 3 fully saturated rings. The van der Waals surface area contributed by atoms with Crippen LogP contribution in [-0.2, 0) is 9.53 Å². The van der Waals surface area contributed by atoms with E-state index in [9.17, 15) is 4.79 Å². The van der Waals surface area contributed by atoms with E-state index in [0.29, 0.717) is 18.1 Å². The van der Waals surface area contributed by atoms with Gasteiger partial charge in [-0.05, 0) is 31.7 Å². The average molecular weight is 224 g/mol. The van der Waals surface area contributed by atoms with Crippen molar-refractivity contribution in [3.8, 4) is 0 Å². The van der Waals surface area contributed by atoms with E-state index < -0.39 is 0 Å². The third-order valence-electron chi connectivity index (χ3n) is 4.29. The minimum Gasteiger partial charge on any atom is -0.373 e. The van der Waals surface area contributed by atoms with E-state index in [1.54, 1.807) is 0 Å². The quantitative estimate of drug-likeness (QED) is 0.708. The molecule has 4 heteroatoms. The zero-order chi connectivity index (χ0) is 11.1. The number of carbonyl (C=O) groups excluding carboxylic acids is 1. The Morgan fingerprint density at radius 3 is 2.81 bits per heavy atom. The van der Waals surface area contributed by atoms with E-state index in [0.717, 1.165) is 25.9 Å². The molecule has 16 heavy (non-hydrogen) atoms. The Morgan fingerprint density at radius 1 is 1.38 bits per heavy atom. The first kappa shape index (κ1) is 10.5. The first-order valence-corrected chi connectivity index (χ1v) is 6.40. The van der Waals surface area contributed by atoms with Crippen LogP contribution >= 0.6 is 0 Å². The van der Waals surface area contributed by atoms with Gasteiger partial charge in [0.25, 0.3) is 0 Å². The van der Waals surface area contributed by atoms with Crippen molar-refractivity contribution in [1.82, 2.24) is 10.6 Å². The van der Waals surface area contributed by atoms with Gasteiger partial charge in [0.1, 0.15) is 0 Å². The molecule has 3 rings (SSSR count). The van der Waals surface area contributed by atoms with Gasteiger partial charge in [-0.15, -0.1) is 0 Å². The van der Waals surface area contributed by atoms with Gasteiger partial charge in [0.15, 0.2) is 0 Å². The van der Waals surface area contributed by atoms with Gasteiger partial charge < -0.3 is 15.4 Å². The van der Waals surface area contributed by atoms with E-state index in [-0.39, 0.29) is 17.9 Å². The summed E-state index contributed by atoms with van der Waals surface area (Å²) in [5, 5.41) is 6.45. The van der Waals surface area contributed by atoms with Crippen LogP contribution in [0, 0.1) is 11.8 Å². The van der Waals surface area contributed by atoms with E-state index in [1.165, 1.54) is 6.42 Å². The van der Waals surface area contributed by atoms with Crippen molar-refractivity contribution in [2.45, 2.75) is 44.4 Å². The summed E-state index contributed by atoms with van der Waals surface area (Å²) in [6, 6.07) is 0.277. The lowest BCUT2D eigenvalue weighted by Gasteiger charge is -2.23. The molecule has 0 aromatic rings. The van der Waals surface area contributed by atoms with Crippen LogP contribution in [0.4, 0.5) is 0 Å². The molecule has 0 aliphatic carbocycles. The van der Waals surface area contributed by atoms with Crippen molar-refractivity contribution in [3.05, 3.63) is 0 Å². The second-order valence-electron chi connectivity index (χ2n) is 5.47. The van der Waals surface area contributed by atoms with Crippen molar-refractivity contribution in [1.29, 1.82) is 0 Å². The number of nitrogens with one attached hydrogen (secondary N) is 2. The Bertz CT molecular complexity index is 295. The third-order valence-corrected chi connectivity index (χ3v) is 4.29. The number of fused-ring (bicyclic) bond motifs is 2. The number of hydrogen-bond acceptors (Lipinski definition) is 3. The fourth-order valence-corrected chi connectivity index (χ4v) is 3.24. The summed E-state index contributed by atoms with van der Waals surface area (Å²) in [6.45, 7) is 3.93. The SMILES string of the molecule is CC1CNCC1C(=O)NC1CC2CCC1O2. The smallest absolute Gasteiger partial charge is 0.225 e. The van der Waals surface area contributed by atoms with Crippen molar-refractivity contribution >= 4 is 5.91 Å². The molecule has 0 spiro atoms. The normalized spacial score (nSPS) is 46.2. The van der Waals surface area contributed by atoms with Crippen LogP contribution in [0.1, 0.15) is 26.2 Å². The van der Waals surface area contributed by atoms with Crippen molar-refractivity contribution < 1.29 is 9.53 Å². The molecule has 2 bridgehead atoms. The van der Waals surface area contributed by atoms with Crippen LogP contribution in [0.3, 0.4) is 0 Å². The highest BCUT2D eigenvalue weighted by atomic mass is 16.5. The number of rotatable bonds is 2. The van der Waals surface area contributed by atoms with Crippen LogP contribution in [-0.4, -0.2) is 37.2 Å². The topological polar surface area (TPSA) is 50.4 Å². The molecule has 5 unspecified atom stereocenters. The molecule has 3 aliphatic heterocycles. The van der Waals surface area contributed by atoms with E-state index in [4.69, 9.17) is 4.74 Å². The van der Waals surface area contributed by atoms with E-state index >= 15 is 0 Å². The van der Waals surface area contributed by atoms with Crippen molar-refractivity contribution in [2.75, 3.05) is 13.1 Å². The molecular formula is C12H20N2O2. The lowest BCUT2D eigenvalue weighted by molar-refractivity contribution is -0.126. The molecule has 0 radical (unpaired) electrons. The number of amides is 1. The number of ether oxygens (including phenoxy) is 1. The zero-order valence-electron chi connectivity index (χ0n) is 9.74. The summed E-state index contributed by atoms with van der Waals surface area (Å²) < 4.78 is 5.74. The van der Waals surface area contributed by atoms with Crippen LogP contribution in [0.2, 0.25) is 0 Å². The van der Waals surface area contributed by atoms with Gasteiger partial charge in [-0.1, -0.05) is 6.92 Å². The molecule has 0 aromatic carbocycles. The van der Waals surface area contributed by atoms with Crippen LogP contribution in [0.15, 0.2) is 0 Å². The third kappa shape index (κ3) is 1.74. The zero-order valence-corrected chi connectivity index (χ0v) is 9.74. The highest BCUT2D eigenvalue weighted by molar-refractivity contribution is 5.80. The molecule has 2 N–H and O–H groups in total. The fraction of sp³-hybridized carbons (Fsp3) is 0.917. The van der Waals surface area contributed by atoms with E-state index in [1.807, 2.05) is 0 Å². The summed E-state index contributed by atoms with van der Waals surface area (Å²) in [6.07, 6.45) is 4.02. The lowest BCUT2D eigenvalue weighted by atomic mass is 9.93. The predicted molar refractivity (Wildman–Crippen MR) is 60.0 cm³/mol. The largest absolute Gasteiger partial charge is 0.373 e. The fourth-order valence-electron chi connectivity index (χ4n) is 3.24. The maximum Gasteiger partial charge on any atom is 0.225 e. The number of hydrogen-bond donors (Lipinski definition) is 2. The predicted octanol–water partition coefficient (Wildman–Crippen LogP) is 0.278. The van der Waals surface area contributed by atoms with Crippen molar-refractivity contribution in [3.63, 3.8) is 0 Å². The minimum absolute atomic E-state index is 0.152. The Morgan fingerprint density at radius 2 is 2.25 bits per heavy atom. The summed E-state index contributed by atoms with van der Waals surface area (Å²) in [5.74, 6) is 0.831. The standard InChI is InChI=1S/C12H20N2O2/c1-7-5-13-6-9(7)12(15)14-10-4-8-2-3-11(10)16-8/h7-11,13H,2-6H2,1H3,(H,14,15). The van der Waals surface area contributed by atoms with Crippen LogP contribution in [0.5, 0.6) is 0 Å². The molecule has 5 atom stereocenters. The summed E-state index contributed by atoms with van der Waals surface area (Å²) in [4.78, 5) is 12.1. The van der Waals surface area contributed by atoms with E-state index in [2.05, 4.69) is 17.6 Å². The molecule has 4 nitrogen and oxygen atoms in total. The molecule has 1 amide bonds. The summed E-state index contributed by atoms with van der Waals surface area (Å²) in [7, 11) is 0. The summed E-state index contributed by atoms with van der Waals surface area (Å²) in [5.41, 5.74) is 0. The molecule has 3 aliphatic rings. The van der Waals surface area contributed by atoms with Gasteiger partial charge in [-0.2, -0.15) is 0 Å². The van der Waals surface area contributed by atoms with Crippen LogP contribution in [0.25, 0.3) is 0 Å². The highest BCUT2D eigenvalue weighted by Crippen LogP contribution is 2.34. The number of carbonyl (C=O) groups is 1. The second-order valence-corrected chi connectivity index (χ2v) is 5.47. The minimum atomic E-state index is 0.152. The Balaban J connectivity index is 1.56. The average Bonchev–Trinajstić information content (AvgIpc) is 2.92. The van der Waals surface area contributed by atoms with Gasteiger partial charge >= 0.3 is 0 Å². The van der Waals surface area contributed by atoms with Gasteiger partial charge in [0, 0.05) is 6.54 Å². The van der Waals surface area contributed by atoms with Gasteiger partial charge in [-0.3, -0.25) is 4.79 Å². The Hall–Kier alpha value is -0.610. The first-order chi connectivity index (χ1) is 7.74. The maximum absolute atomic E-state index is 12.1. The second kappa shape index (κ2) is 4.00. The summed E-state index contributed by atoms with van der Waals surface area (Å²) >= 11 is 0. The van der Waals surface area contributed by atoms with Gasteiger partial charge in [0.05, 0.1) is 24.2 Å². The van der Waals surface area contributed by atoms with Crippen LogP contribution < -0.4 is 10.6 Å². The first-order valence-electron chi connectivity index (χ1n) is 6.40. The lowest BCUT2D eigenvalue weighted by Crippen LogP contribution is -2.45. The molecular weight excluding hydrogens is 204 g/mol. The molecule has 0 saturated carbocycles. The monoisotopic (exact) mass is 224 g/mol. The maximum atomic E-state index is 12.1. The highest BCUT2D eigenvalue weighted by Gasteiger charge is 2.42.